The van der Waals surface area contributed by atoms with Crippen LogP contribution in [0.1, 0.15) is 30.3 Å². The highest BCUT2D eigenvalue weighted by Crippen LogP contribution is 2.32. The van der Waals surface area contributed by atoms with E-state index in [9.17, 15) is 9.18 Å². The zero-order valence-electron chi connectivity index (χ0n) is 14.4. The molecule has 0 spiro atoms. The van der Waals surface area contributed by atoms with Gasteiger partial charge in [-0.15, -0.1) is 0 Å². The van der Waals surface area contributed by atoms with Crippen molar-refractivity contribution >= 4 is 11.6 Å². The van der Waals surface area contributed by atoms with Crippen LogP contribution in [0.2, 0.25) is 0 Å². The third kappa shape index (κ3) is 3.12. The molecule has 1 amide bonds. The van der Waals surface area contributed by atoms with E-state index in [1.165, 1.54) is 24.3 Å². The van der Waals surface area contributed by atoms with Gasteiger partial charge >= 0.3 is 0 Å². The van der Waals surface area contributed by atoms with E-state index in [1.54, 1.807) is 6.20 Å². The van der Waals surface area contributed by atoms with E-state index in [0.29, 0.717) is 12.3 Å². The van der Waals surface area contributed by atoms with Gasteiger partial charge in [-0.1, -0.05) is 0 Å². The molecule has 0 aliphatic carbocycles. The van der Waals surface area contributed by atoms with Gasteiger partial charge in [0.2, 0.25) is 0 Å². The molecule has 0 unspecified atom stereocenters. The fraction of sp³-hybridized carbons (Fsp3) is 0.316. The lowest BCUT2D eigenvalue weighted by atomic mass is 10.1. The molecule has 0 saturated carbocycles. The highest BCUT2D eigenvalue weighted by molar-refractivity contribution is 5.78. The van der Waals surface area contributed by atoms with Gasteiger partial charge in [-0.3, -0.25) is 4.79 Å². The summed E-state index contributed by atoms with van der Waals surface area (Å²) in [5.74, 6) is 0.0506. The largest absolute Gasteiger partial charge is 0.484 e. The molecule has 2 aromatic heterocycles. The van der Waals surface area contributed by atoms with Gasteiger partial charge in [0.1, 0.15) is 11.6 Å². The summed E-state index contributed by atoms with van der Waals surface area (Å²) in [6.07, 6.45) is 3.55. The molecule has 0 bridgehead atoms. The fourth-order valence-corrected chi connectivity index (χ4v) is 3.41. The van der Waals surface area contributed by atoms with Crippen molar-refractivity contribution in [2.45, 2.75) is 25.8 Å². The van der Waals surface area contributed by atoms with Crippen molar-refractivity contribution < 1.29 is 13.9 Å². The number of hydrogen-bond donors (Lipinski definition) is 0. The number of amides is 1. The van der Waals surface area contributed by atoms with Gasteiger partial charge in [-0.25, -0.2) is 13.9 Å². The second-order valence-electron chi connectivity index (χ2n) is 6.41. The number of likely N-dealkylation sites (tertiary alicyclic amines) is 1. The van der Waals surface area contributed by atoms with Crippen LogP contribution in [0.15, 0.2) is 42.6 Å². The van der Waals surface area contributed by atoms with Crippen molar-refractivity contribution in [2.24, 2.45) is 0 Å². The van der Waals surface area contributed by atoms with E-state index in [0.717, 1.165) is 29.9 Å². The number of aromatic nitrogens is 3. The molecule has 7 heteroatoms. The van der Waals surface area contributed by atoms with Crippen LogP contribution in [0.25, 0.3) is 5.65 Å². The van der Waals surface area contributed by atoms with Gasteiger partial charge in [0.05, 0.1) is 17.4 Å². The predicted molar refractivity (Wildman–Crippen MR) is 93.3 cm³/mol. The van der Waals surface area contributed by atoms with Crippen molar-refractivity contribution in [3.8, 4) is 5.75 Å². The monoisotopic (exact) mass is 354 g/mol. The van der Waals surface area contributed by atoms with Crippen molar-refractivity contribution in [2.75, 3.05) is 13.2 Å². The number of halogens is 1. The van der Waals surface area contributed by atoms with Crippen molar-refractivity contribution in [1.29, 1.82) is 0 Å². The average Bonchev–Trinajstić information content (AvgIpc) is 3.26. The summed E-state index contributed by atoms with van der Waals surface area (Å²) in [7, 11) is 0. The molecule has 1 fully saturated rings. The lowest BCUT2D eigenvalue weighted by Crippen LogP contribution is -2.35. The lowest BCUT2D eigenvalue weighted by Gasteiger charge is -2.25. The Balaban J connectivity index is 1.52. The maximum Gasteiger partial charge on any atom is 0.261 e. The van der Waals surface area contributed by atoms with Gasteiger partial charge in [0, 0.05) is 18.8 Å². The normalized spacial score (nSPS) is 17.0. The third-order valence-corrected chi connectivity index (χ3v) is 4.60. The number of carbonyl (C=O) groups excluding carboxylic acids is 1. The van der Waals surface area contributed by atoms with Crippen LogP contribution in [0.5, 0.6) is 5.75 Å². The second kappa shape index (κ2) is 6.74. The van der Waals surface area contributed by atoms with Crippen LogP contribution in [-0.2, 0) is 4.79 Å². The number of ether oxygens (including phenoxy) is 1. The summed E-state index contributed by atoms with van der Waals surface area (Å²) in [5, 5.41) is 4.50. The van der Waals surface area contributed by atoms with Gasteiger partial charge < -0.3 is 9.64 Å². The standard InChI is InChI=1S/C19H19FN4O2/c1-13-11-18-21-9-8-17(24(18)22-13)16-3-2-10-23(16)19(25)12-26-15-6-4-14(20)5-7-15/h4-9,11,16H,2-3,10,12H2,1H3/t16-/m1/s1. The highest BCUT2D eigenvalue weighted by atomic mass is 19.1. The second-order valence-corrected chi connectivity index (χ2v) is 6.41. The van der Waals surface area contributed by atoms with Crippen LogP contribution < -0.4 is 4.74 Å². The predicted octanol–water partition coefficient (Wildman–Crippen LogP) is 2.92. The molecule has 134 valence electrons. The summed E-state index contributed by atoms with van der Waals surface area (Å²) in [6, 6.07) is 9.44. The molecule has 1 aliphatic heterocycles. The van der Waals surface area contributed by atoms with Gasteiger partial charge in [0.15, 0.2) is 12.3 Å². The summed E-state index contributed by atoms with van der Waals surface area (Å²) < 4.78 is 20.3. The van der Waals surface area contributed by atoms with E-state index in [4.69, 9.17) is 4.74 Å². The maximum absolute atomic E-state index is 13.0. The number of hydrogen-bond acceptors (Lipinski definition) is 4. The first-order valence-corrected chi connectivity index (χ1v) is 8.61. The maximum atomic E-state index is 13.0. The minimum Gasteiger partial charge on any atom is -0.484 e. The molecule has 1 aromatic carbocycles. The lowest BCUT2D eigenvalue weighted by molar-refractivity contribution is -0.134. The summed E-state index contributed by atoms with van der Waals surface area (Å²) in [4.78, 5) is 18.8. The Kier molecular flexibility index (Phi) is 4.28. The number of benzene rings is 1. The van der Waals surface area contributed by atoms with Crippen LogP contribution >= 0.6 is 0 Å². The van der Waals surface area contributed by atoms with Gasteiger partial charge in [-0.2, -0.15) is 5.10 Å². The quantitative estimate of drug-likeness (QED) is 0.723. The van der Waals surface area contributed by atoms with Gasteiger partial charge in [-0.05, 0) is 50.1 Å². The summed E-state index contributed by atoms with van der Waals surface area (Å²) in [5.41, 5.74) is 2.62. The van der Waals surface area contributed by atoms with Crippen LogP contribution in [0.4, 0.5) is 4.39 Å². The average molecular weight is 354 g/mol. The van der Waals surface area contributed by atoms with Crippen molar-refractivity contribution in [3.63, 3.8) is 0 Å². The minimum absolute atomic E-state index is 0.0517. The molecule has 1 saturated heterocycles. The van der Waals surface area contributed by atoms with Crippen LogP contribution in [0, 0.1) is 12.7 Å². The van der Waals surface area contributed by atoms with Gasteiger partial charge in [0.25, 0.3) is 5.91 Å². The minimum atomic E-state index is -0.334. The summed E-state index contributed by atoms with van der Waals surface area (Å²) >= 11 is 0. The number of carbonyl (C=O) groups is 1. The Labute approximate surface area is 150 Å². The Morgan fingerprint density at radius 1 is 1.31 bits per heavy atom. The smallest absolute Gasteiger partial charge is 0.261 e. The van der Waals surface area contributed by atoms with Crippen LogP contribution in [-0.4, -0.2) is 38.6 Å². The van der Waals surface area contributed by atoms with Crippen molar-refractivity contribution in [1.82, 2.24) is 19.5 Å². The first-order chi connectivity index (χ1) is 12.6. The molecule has 1 aliphatic rings. The molecule has 0 N–H and O–H groups in total. The number of nitrogens with zero attached hydrogens (tertiary/aromatic N) is 4. The van der Waals surface area contributed by atoms with E-state index in [2.05, 4.69) is 10.1 Å². The highest BCUT2D eigenvalue weighted by Gasteiger charge is 2.32. The zero-order valence-corrected chi connectivity index (χ0v) is 14.4. The van der Waals surface area contributed by atoms with E-state index in [-0.39, 0.29) is 24.4 Å². The number of aryl methyl sites for hydroxylation is 1. The molecule has 0 radical (unpaired) electrons. The molecular formula is C19H19FN4O2. The SMILES string of the molecule is Cc1cc2nccc([C@H]3CCCN3C(=O)COc3ccc(F)cc3)n2n1. The first kappa shape index (κ1) is 16.5. The van der Waals surface area contributed by atoms with E-state index >= 15 is 0 Å². The van der Waals surface area contributed by atoms with Crippen LogP contribution in [0.3, 0.4) is 0 Å². The Hall–Kier alpha value is -2.96. The molecule has 1 atom stereocenters. The Bertz CT molecular complexity index is 938. The van der Waals surface area contributed by atoms with Crippen molar-refractivity contribution in [3.05, 3.63) is 59.8 Å². The Morgan fingerprint density at radius 2 is 2.12 bits per heavy atom. The molecule has 3 heterocycles. The third-order valence-electron chi connectivity index (χ3n) is 4.60. The summed E-state index contributed by atoms with van der Waals surface area (Å²) in [6.45, 7) is 2.53. The number of fused-ring (bicyclic) bond motifs is 1. The zero-order chi connectivity index (χ0) is 18.1. The molecule has 3 aromatic rings. The molecule has 26 heavy (non-hydrogen) atoms. The van der Waals surface area contributed by atoms with E-state index < -0.39 is 0 Å². The topological polar surface area (TPSA) is 59.7 Å². The molecule has 6 nitrogen and oxygen atoms in total. The molecule has 4 rings (SSSR count). The number of rotatable bonds is 4. The Morgan fingerprint density at radius 3 is 2.92 bits per heavy atom. The fourth-order valence-electron chi connectivity index (χ4n) is 3.41. The molecular weight excluding hydrogens is 335 g/mol. The van der Waals surface area contributed by atoms with E-state index in [1.807, 2.05) is 28.5 Å². The first-order valence-electron chi connectivity index (χ1n) is 8.61.